The molecule has 0 radical (unpaired) electrons. The summed E-state index contributed by atoms with van der Waals surface area (Å²) < 4.78 is 30.1. The van der Waals surface area contributed by atoms with Crippen molar-refractivity contribution in [2.75, 3.05) is 0 Å². The van der Waals surface area contributed by atoms with Crippen LogP contribution in [0.2, 0.25) is 0 Å². The van der Waals surface area contributed by atoms with E-state index in [0.29, 0.717) is 17.4 Å². The van der Waals surface area contributed by atoms with Crippen LogP contribution < -0.4 is 4.57 Å². The van der Waals surface area contributed by atoms with Crippen LogP contribution in [0.1, 0.15) is 79.7 Å². The maximum absolute atomic E-state index is 8.15. The number of rotatable bonds is 7. The highest BCUT2D eigenvalue weighted by atomic mass is 15.1. The predicted octanol–water partition coefficient (Wildman–Crippen LogP) is 11.2. The lowest BCUT2D eigenvalue weighted by molar-refractivity contribution is -0.645. The van der Waals surface area contributed by atoms with E-state index in [4.69, 9.17) is 9.10 Å². The van der Waals surface area contributed by atoms with Gasteiger partial charge in [0.2, 0.25) is 6.33 Å². The first kappa shape index (κ1) is 28.4. The number of fused-ring (bicyclic) bond motifs is 4. The molecule has 0 N–H and O–H groups in total. The maximum atomic E-state index is 8.15. The van der Waals surface area contributed by atoms with Crippen LogP contribution in [-0.2, 0) is 12.4 Å². The molecule has 0 fully saturated rings. The topological polar surface area (TPSA) is 26.6 Å². The van der Waals surface area contributed by atoms with Crippen molar-refractivity contribution in [2.24, 2.45) is 6.98 Å². The molecule has 3 heterocycles. The molecule has 0 aliphatic carbocycles. The normalized spacial score (nSPS) is 13.4. The molecule has 0 saturated heterocycles. The van der Waals surface area contributed by atoms with Gasteiger partial charge in [0.1, 0.15) is 11.5 Å². The van der Waals surface area contributed by atoms with Crippen molar-refractivity contribution in [3.05, 3.63) is 156 Å². The van der Waals surface area contributed by atoms with Gasteiger partial charge in [-0.25, -0.2) is 9.55 Å². The summed E-state index contributed by atoms with van der Waals surface area (Å²) >= 11 is 0. The first-order valence-corrected chi connectivity index (χ1v) is 17.6. The van der Waals surface area contributed by atoms with E-state index in [2.05, 4.69) is 137 Å². The van der Waals surface area contributed by atoms with Crippen molar-refractivity contribution in [3.63, 3.8) is 0 Å². The Morgan fingerprint density at radius 3 is 2.10 bits per heavy atom. The number of para-hydroxylation sites is 3. The highest BCUT2D eigenvalue weighted by Crippen LogP contribution is 2.40. The molecule has 0 unspecified atom stereocenters. The second-order valence-corrected chi connectivity index (χ2v) is 14.6. The summed E-state index contributed by atoms with van der Waals surface area (Å²) in [7, 11) is 0. The highest BCUT2D eigenvalue weighted by Gasteiger charge is 2.27. The highest BCUT2D eigenvalue weighted by molar-refractivity contribution is 6.09. The summed E-state index contributed by atoms with van der Waals surface area (Å²) in [6.45, 7) is 11.3. The van der Waals surface area contributed by atoms with Crippen LogP contribution in [-0.4, -0.2) is 14.1 Å². The molecule has 50 heavy (non-hydrogen) atoms. The number of aromatic nitrogens is 4. The molecule has 248 valence electrons. The fraction of sp³-hybridized carbons (Fsp3) is 0.217. The van der Waals surface area contributed by atoms with Crippen molar-refractivity contribution < 1.29 is 8.68 Å². The summed E-state index contributed by atoms with van der Waals surface area (Å²) in [6.07, 6.45) is 3.64. The first-order valence-electron chi connectivity index (χ1n) is 19.1. The molecule has 8 aromatic rings. The summed E-state index contributed by atoms with van der Waals surface area (Å²) in [4.78, 5) is 5.01. The third-order valence-electron chi connectivity index (χ3n) is 10.5. The van der Waals surface area contributed by atoms with Gasteiger partial charge in [0.05, 0.1) is 22.1 Å². The van der Waals surface area contributed by atoms with E-state index in [-0.39, 0.29) is 5.41 Å². The van der Waals surface area contributed by atoms with Gasteiger partial charge in [-0.2, -0.15) is 4.57 Å². The number of imidazole rings is 1. The Morgan fingerprint density at radius 2 is 1.34 bits per heavy atom. The van der Waals surface area contributed by atoms with E-state index < -0.39 is 6.98 Å². The van der Waals surface area contributed by atoms with Crippen molar-refractivity contribution in [1.29, 1.82) is 0 Å². The molecule has 0 atom stereocenters. The van der Waals surface area contributed by atoms with Gasteiger partial charge < -0.3 is 0 Å². The predicted molar refractivity (Wildman–Crippen MR) is 209 cm³/mol. The maximum Gasteiger partial charge on any atom is 0.249 e. The molecular weight excluding hydrogens is 609 g/mol. The minimum atomic E-state index is -2.29. The Balaban J connectivity index is 1.28. The molecule has 0 saturated carbocycles. The number of nitrogens with zero attached hydrogens (tertiary/aromatic N) is 4. The van der Waals surface area contributed by atoms with Gasteiger partial charge >= 0.3 is 0 Å². The van der Waals surface area contributed by atoms with Gasteiger partial charge in [-0.15, -0.1) is 0 Å². The second kappa shape index (κ2) is 12.1. The van der Waals surface area contributed by atoms with E-state index >= 15 is 0 Å². The smallest absolute Gasteiger partial charge is 0.249 e. The van der Waals surface area contributed by atoms with Crippen molar-refractivity contribution in [1.82, 2.24) is 14.1 Å². The van der Waals surface area contributed by atoms with Gasteiger partial charge in [-0.1, -0.05) is 114 Å². The number of hydrogen-bond donors (Lipinski definition) is 0. The van der Waals surface area contributed by atoms with Crippen LogP contribution in [0.15, 0.2) is 134 Å². The molecule has 4 nitrogen and oxygen atoms in total. The lowest BCUT2D eigenvalue weighted by Crippen LogP contribution is -2.25. The van der Waals surface area contributed by atoms with Crippen molar-refractivity contribution >= 4 is 32.8 Å². The molecule has 0 aliphatic heterocycles. The average molecular weight is 657 g/mol. The van der Waals surface area contributed by atoms with Crippen LogP contribution in [0, 0.1) is 0 Å². The minimum absolute atomic E-state index is 0.383. The van der Waals surface area contributed by atoms with Crippen LogP contribution in [0.25, 0.3) is 55.5 Å². The van der Waals surface area contributed by atoms with Crippen LogP contribution >= 0.6 is 0 Å². The average Bonchev–Trinajstić information content (AvgIpc) is 3.71. The molecule has 0 aliphatic rings. The molecule has 3 aromatic heterocycles. The van der Waals surface area contributed by atoms with Gasteiger partial charge in [0.25, 0.3) is 0 Å². The zero-order valence-electron chi connectivity index (χ0n) is 32.6. The number of hydrogen-bond acceptors (Lipinski definition) is 1. The van der Waals surface area contributed by atoms with E-state index in [0.717, 1.165) is 33.6 Å². The summed E-state index contributed by atoms with van der Waals surface area (Å²) in [5, 5.41) is 2.37. The molecule has 5 aromatic carbocycles. The van der Waals surface area contributed by atoms with Crippen molar-refractivity contribution in [2.45, 2.75) is 58.8 Å². The summed E-state index contributed by atoms with van der Waals surface area (Å²) in [5.74, 6) is 1.66. The largest absolute Gasteiger partial charge is 0.294 e. The fourth-order valence-corrected chi connectivity index (χ4v) is 7.72. The summed E-state index contributed by atoms with van der Waals surface area (Å²) in [5.41, 5.74) is 11.7. The van der Waals surface area contributed by atoms with Crippen LogP contribution in [0.5, 0.6) is 0 Å². The van der Waals surface area contributed by atoms with E-state index in [1.54, 1.807) is 6.33 Å². The van der Waals surface area contributed by atoms with E-state index in [1.165, 1.54) is 43.2 Å². The standard InChI is InChI=1S/C46H45N4/c1-30(2)36-17-13-18-37(31(3)4)45(36)32-24-25-47-44(26-32)50-40-19-9-8-16-38(40)39-23-22-34(28-43(39)50)46(5,6)33-14-12-15-35(27-33)49-29-48(7)41-20-10-11-21-42(41)49/h8-31H,1-7H3/q+1/i7D3. The lowest BCUT2D eigenvalue weighted by Gasteiger charge is -2.26. The Kier molecular flexibility index (Phi) is 6.89. The Hall–Kier alpha value is -5.48. The zero-order valence-corrected chi connectivity index (χ0v) is 29.6. The first-order chi connectivity index (χ1) is 25.3. The van der Waals surface area contributed by atoms with E-state index in [1.807, 2.05) is 41.1 Å². The third kappa shape index (κ3) is 5.13. The van der Waals surface area contributed by atoms with Crippen LogP contribution in [0.3, 0.4) is 0 Å². The zero-order chi connectivity index (χ0) is 37.2. The number of benzene rings is 5. The van der Waals surface area contributed by atoms with Crippen LogP contribution in [0.4, 0.5) is 0 Å². The second-order valence-electron chi connectivity index (χ2n) is 14.6. The molecule has 8 rings (SSSR count). The molecule has 0 amide bonds. The minimum Gasteiger partial charge on any atom is -0.294 e. The van der Waals surface area contributed by atoms with E-state index in [9.17, 15) is 0 Å². The van der Waals surface area contributed by atoms with Gasteiger partial charge in [0.15, 0.2) is 11.0 Å². The molecule has 0 spiro atoms. The quantitative estimate of drug-likeness (QED) is 0.157. The molecule has 0 bridgehead atoms. The van der Waals surface area contributed by atoms with Gasteiger partial charge in [0, 0.05) is 22.4 Å². The Bertz CT molecular complexity index is 2630. The number of aryl methyl sites for hydroxylation is 1. The third-order valence-corrected chi connectivity index (χ3v) is 10.5. The SMILES string of the molecule is [2H]C([2H])([2H])[n+]1cn(-c2cccc(C(C)(C)c3ccc4c5ccccc5n(-c5cc(-c6c(C(C)C)cccc6C(C)C)ccn5)c4c3)c2)c2ccccc21. The number of pyridine rings is 1. The van der Waals surface area contributed by atoms with Gasteiger partial charge in [-0.05, 0) is 93.7 Å². The van der Waals surface area contributed by atoms with Gasteiger partial charge in [-0.3, -0.25) is 4.57 Å². The van der Waals surface area contributed by atoms with Crippen molar-refractivity contribution in [3.8, 4) is 22.6 Å². The monoisotopic (exact) mass is 656 g/mol. The fourth-order valence-electron chi connectivity index (χ4n) is 7.72. The molecular formula is C46H45N4+. The lowest BCUT2D eigenvalue weighted by atomic mass is 9.77. The Labute approximate surface area is 299 Å². The summed E-state index contributed by atoms with van der Waals surface area (Å²) in [6, 6.07) is 42.6. The molecule has 4 heteroatoms. The Morgan fingerprint density at radius 1 is 0.660 bits per heavy atom.